The highest BCUT2D eigenvalue weighted by Crippen LogP contribution is 2.37. The highest BCUT2D eigenvalue weighted by atomic mass is 16.3. The van der Waals surface area contributed by atoms with Gasteiger partial charge in [0.25, 0.3) is 0 Å². The highest BCUT2D eigenvalue weighted by molar-refractivity contribution is 6.22. The van der Waals surface area contributed by atoms with Crippen LogP contribution >= 0.6 is 0 Å². The van der Waals surface area contributed by atoms with Crippen molar-refractivity contribution in [2.75, 3.05) is 0 Å². The molecule has 0 heterocycles. The van der Waals surface area contributed by atoms with Crippen LogP contribution in [0.15, 0.2) is 58.6 Å². The summed E-state index contributed by atoms with van der Waals surface area (Å²) in [6.07, 6.45) is 13.0. The minimum atomic E-state index is -0.667. The molecule has 0 spiro atoms. The lowest BCUT2D eigenvalue weighted by Crippen LogP contribution is -2.26. The number of hydrogen-bond acceptors (Lipinski definition) is 5. The predicted octanol–water partition coefficient (Wildman–Crippen LogP) is 8.20. The fourth-order valence-corrected chi connectivity index (χ4v) is 4.07. The van der Waals surface area contributed by atoms with Gasteiger partial charge in [-0.3, -0.25) is 14.4 Å². The molecule has 3 atom stereocenters. The summed E-state index contributed by atoms with van der Waals surface area (Å²) in [5.41, 5.74) is 2.84. The molecule has 0 amide bonds. The molecule has 0 radical (unpaired) electrons. The SMILES string of the molecule is C/C=C\C.C/C=C\C.CC1=C(O)C(=O)C(C)C1=O.CC1=C(O)C(C)C1=O.CC1=CC(C)CC(C)(C)C1. The average Bonchev–Trinajstić information content (AvgIpc) is 2.99. The van der Waals surface area contributed by atoms with Gasteiger partial charge in [0, 0.05) is 11.1 Å². The Morgan fingerprint density at radius 3 is 1.33 bits per heavy atom. The molecular weight excluding hydrogens is 452 g/mol. The Morgan fingerprint density at radius 2 is 1.17 bits per heavy atom. The molecule has 3 unspecified atom stereocenters. The second-order valence-electron chi connectivity index (χ2n) is 10.4. The number of aliphatic hydroxyl groups excluding tert-OH is 2. The first-order valence-corrected chi connectivity index (χ1v) is 12.8. The lowest BCUT2D eigenvalue weighted by atomic mass is 9.74. The second-order valence-corrected chi connectivity index (χ2v) is 10.4. The van der Waals surface area contributed by atoms with Crippen molar-refractivity contribution >= 4 is 17.3 Å². The lowest BCUT2D eigenvalue weighted by Gasteiger charge is -2.32. The number of allylic oxidation sites excluding steroid dienone is 10. The molecule has 0 fully saturated rings. The van der Waals surface area contributed by atoms with Crippen molar-refractivity contribution in [3.05, 3.63) is 58.6 Å². The molecule has 0 bridgehead atoms. The summed E-state index contributed by atoms with van der Waals surface area (Å²) in [6, 6.07) is 0. The molecule has 204 valence electrons. The van der Waals surface area contributed by atoms with E-state index in [4.69, 9.17) is 10.2 Å². The molecular formula is C31H50O5. The zero-order valence-electron chi connectivity index (χ0n) is 24.7. The van der Waals surface area contributed by atoms with Crippen LogP contribution < -0.4 is 0 Å². The summed E-state index contributed by atoms with van der Waals surface area (Å²) in [4.78, 5) is 32.2. The smallest absolute Gasteiger partial charge is 0.208 e. The fraction of sp³-hybridized carbons (Fsp3) is 0.581. The maximum Gasteiger partial charge on any atom is 0.208 e. The van der Waals surface area contributed by atoms with E-state index in [-0.39, 0.29) is 34.6 Å². The minimum Gasteiger partial charge on any atom is -0.511 e. The Kier molecular flexibility index (Phi) is 16.6. The van der Waals surface area contributed by atoms with Crippen molar-refractivity contribution in [1.29, 1.82) is 0 Å². The van der Waals surface area contributed by atoms with Crippen molar-refractivity contribution in [3.8, 4) is 0 Å². The van der Waals surface area contributed by atoms with Crippen molar-refractivity contribution < 1.29 is 24.6 Å². The summed E-state index contributed by atoms with van der Waals surface area (Å²) < 4.78 is 0. The van der Waals surface area contributed by atoms with Crippen LogP contribution in [0, 0.1) is 23.2 Å². The second kappa shape index (κ2) is 16.9. The van der Waals surface area contributed by atoms with E-state index in [0.29, 0.717) is 11.0 Å². The number of aliphatic hydroxyl groups is 2. The van der Waals surface area contributed by atoms with E-state index < -0.39 is 11.7 Å². The molecule has 0 saturated heterocycles. The number of Topliss-reactive ketones (excluding diaryl/α,β-unsaturated/α-hetero) is 3. The fourth-order valence-electron chi connectivity index (χ4n) is 4.07. The molecule has 2 N–H and O–H groups in total. The standard InChI is InChI=1S/C10H18.C7H8O3.C6H8O2.2C4H8/c1-8-5-9(2)7-10(3,4)6-8;1-3-5(8)4(2)7(10)6(3)9;1-3-5(7)4(2)6(3)8;2*1-3-4-2/h5,8H,6-7H2,1-4H3;3,10H,1-2H3;3,7H,1-2H3;2*3-4H,1-2H3/b;;;2*4-3-. The van der Waals surface area contributed by atoms with E-state index in [1.165, 1.54) is 26.7 Å². The lowest BCUT2D eigenvalue weighted by molar-refractivity contribution is -0.126. The first-order chi connectivity index (χ1) is 16.5. The van der Waals surface area contributed by atoms with Crippen LogP contribution in [-0.4, -0.2) is 27.6 Å². The van der Waals surface area contributed by atoms with Crippen LogP contribution in [0.3, 0.4) is 0 Å². The number of carbonyl (C=O) groups excluding carboxylic acids is 3. The molecule has 5 heteroatoms. The van der Waals surface area contributed by atoms with Gasteiger partial charge in [-0.2, -0.15) is 0 Å². The molecule has 0 aromatic heterocycles. The maximum absolute atomic E-state index is 10.9. The van der Waals surface area contributed by atoms with E-state index in [1.54, 1.807) is 19.4 Å². The Bertz CT molecular complexity index is 867. The highest BCUT2D eigenvalue weighted by Gasteiger charge is 2.35. The van der Waals surface area contributed by atoms with Gasteiger partial charge in [-0.05, 0) is 86.5 Å². The van der Waals surface area contributed by atoms with Gasteiger partial charge in [0.15, 0.2) is 17.3 Å². The third-order valence-corrected chi connectivity index (χ3v) is 6.17. The molecule has 0 saturated carbocycles. The third kappa shape index (κ3) is 11.8. The summed E-state index contributed by atoms with van der Waals surface area (Å²) in [7, 11) is 0. The quantitative estimate of drug-likeness (QED) is 0.257. The van der Waals surface area contributed by atoms with Gasteiger partial charge in [0.05, 0.1) is 11.8 Å². The Labute approximate surface area is 219 Å². The van der Waals surface area contributed by atoms with Crippen molar-refractivity contribution in [1.82, 2.24) is 0 Å². The van der Waals surface area contributed by atoms with Gasteiger partial charge >= 0.3 is 0 Å². The summed E-state index contributed by atoms with van der Waals surface area (Å²) in [5.74, 6) is -0.848. The van der Waals surface area contributed by atoms with Crippen LogP contribution in [0.1, 0.15) is 95.9 Å². The van der Waals surface area contributed by atoms with Crippen LogP contribution in [0.5, 0.6) is 0 Å². The van der Waals surface area contributed by atoms with Crippen molar-refractivity contribution in [2.45, 2.75) is 95.9 Å². The summed E-state index contributed by atoms with van der Waals surface area (Å²) in [6.45, 7) is 23.6. The molecule has 3 rings (SSSR count). The van der Waals surface area contributed by atoms with Crippen LogP contribution in [0.2, 0.25) is 0 Å². The average molecular weight is 503 g/mol. The molecule has 36 heavy (non-hydrogen) atoms. The van der Waals surface area contributed by atoms with Gasteiger partial charge in [-0.1, -0.05) is 56.7 Å². The topological polar surface area (TPSA) is 91.7 Å². The van der Waals surface area contributed by atoms with E-state index in [2.05, 4.69) is 33.8 Å². The zero-order valence-corrected chi connectivity index (χ0v) is 24.7. The van der Waals surface area contributed by atoms with Crippen LogP contribution in [0.4, 0.5) is 0 Å². The van der Waals surface area contributed by atoms with Crippen LogP contribution in [0.25, 0.3) is 0 Å². The Hall–Kier alpha value is -2.69. The monoisotopic (exact) mass is 502 g/mol. The molecule has 0 aromatic carbocycles. The predicted molar refractivity (Wildman–Crippen MR) is 151 cm³/mol. The summed E-state index contributed by atoms with van der Waals surface area (Å²) in [5, 5.41) is 17.7. The Morgan fingerprint density at radius 1 is 0.750 bits per heavy atom. The molecule has 3 aliphatic carbocycles. The molecule has 0 aliphatic heterocycles. The molecule has 5 nitrogen and oxygen atoms in total. The number of rotatable bonds is 0. The third-order valence-electron chi connectivity index (χ3n) is 6.17. The van der Waals surface area contributed by atoms with Crippen molar-refractivity contribution in [2.24, 2.45) is 23.2 Å². The van der Waals surface area contributed by atoms with Gasteiger partial charge in [-0.25, -0.2) is 0 Å². The molecule has 0 aromatic rings. The first-order valence-electron chi connectivity index (χ1n) is 12.8. The van der Waals surface area contributed by atoms with E-state index in [1.807, 2.05) is 52.0 Å². The van der Waals surface area contributed by atoms with Gasteiger partial charge < -0.3 is 10.2 Å². The normalized spacial score (nSPS) is 24.5. The maximum atomic E-state index is 10.9. The Balaban J connectivity index is 0. The summed E-state index contributed by atoms with van der Waals surface area (Å²) >= 11 is 0. The minimum absolute atomic E-state index is 0.0718. The van der Waals surface area contributed by atoms with E-state index in [9.17, 15) is 14.4 Å². The zero-order chi connectivity index (χ0) is 28.8. The van der Waals surface area contributed by atoms with Gasteiger partial charge in [0.2, 0.25) is 5.78 Å². The van der Waals surface area contributed by atoms with Gasteiger partial charge in [0.1, 0.15) is 5.76 Å². The number of ketones is 3. The largest absolute Gasteiger partial charge is 0.511 e. The van der Waals surface area contributed by atoms with Crippen LogP contribution in [-0.2, 0) is 14.4 Å². The van der Waals surface area contributed by atoms with Gasteiger partial charge in [-0.15, -0.1) is 0 Å². The van der Waals surface area contributed by atoms with E-state index >= 15 is 0 Å². The molecule has 3 aliphatic rings. The van der Waals surface area contributed by atoms with E-state index in [0.717, 1.165) is 5.92 Å². The first kappa shape index (κ1) is 35.5. The van der Waals surface area contributed by atoms with Crippen molar-refractivity contribution in [3.63, 3.8) is 0 Å². The number of hydrogen-bond donors (Lipinski definition) is 2. The number of carbonyl (C=O) groups is 3.